The number of hydrogen-bond donors (Lipinski definition) is 2. The van der Waals surface area contributed by atoms with Gasteiger partial charge in [0.15, 0.2) is 0 Å². The zero-order chi connectivity index (χ0) is 21.9. The number of H-pyrrole nitrogens is 1. The highest BCUT2D eigenvalue weighted by molar-refractivity contribution is 6.30. The molecule has 1 aliphatic rings. The number of likely N-dealkylation sites (tertiary alicyclic amines) is 1. The predicted octanol–water partition coefficient (Wildman–Crippen LogP) is 4.40. The number of aromatic nitrogens is 2. The Balaban J connectivity index is 0.000000370. The number of aliphatic carboxylic acids is 1. The highest BCUT2D eigenvalue weighted by Gasteiger charge is 2.38. The number of carbonyl (C=O) groups is 2. The third-order valence-electron chi connectivity index (χ3n) is 4.43. The van der Waals surface area contributed by atoms with Gasteiger partial charge in [-0.15, -0.1) is 0 Å². The van der Waals surface area contributed by atoms with E-state index in [0.717, 1.165) is 29.3 Å². The molecule has 0 spiro atoms. The van der Waals surface area contributed by atoms with E-state index in [0.29, 0.717) is 11.4 Å². The molecule has 1 atom stereocenters. The summed E-state index contributed by atoms with van der Waals surface area (Å²) in [5, 5.41) is 7.84. The Hall–Kier alpha value is -2.55. The van der Waals surface area contributed by atoms with Crippen molar-refractivity contribution in [3.05, 3.63) is 40.8 Å². The van der Waals surface area contributed by atoms with E-state index in [1.165, 1.54) is 0 Å². The lowest BCUT2D eigenvalue weighted by Crippen LogP contribution is -2.31. The Morgan fingerprint density at radius 2 is 1.86 bits per heavy atom. The van der Waals surface area contributed by atoms with Gasteiger partial charge in [-0.2, -0.15) is 13.2 Å². The van der Waals surface area contributed by atoms with Gasteiger partial charge < -0.3 is 15.0 Å². The van der Waals surface area contributed by atoms with Crippen molar-refractivity contribution < 1.29 is 27.9 Å². The minimum Gasteiger partial charge on any atom is -0.475 e. The topological polar surface area (TPSA) is 86.3 Å². The van der Waals surface area contributed by atoms with Crippen LogP contribution < -0.4 is 0 Å². The van der Waals surface area contributed by atoms with Crippen LogP contribution in [0.25, 0.3) is 11.3 Å². The number of nitrogens with one attached hydrogen (secondary N) is 1. The Kier molecular flexibility index (Phi) is 6.94. The number of imidazole rings is 1. The number of carbonyl (C=O) groups excluding carboxylic acids is 1. The van der Waals surface area contributed by atoms with E-state index < -0.39 is 12.1 Å². The molecule has 0 saturated carbocycles. The Labute approximate surface area is 170 Å². The molecule has 158 valence electrons. The normalized spacial score (nSPS) is 16.8. The molecule has 10 heteroatoms. The fourth-order valence-electron chi connectivity index (χ4n) is 2.98. The van der Waals surface area contributed by atoms with Crippen molar-refractivity contribution in [2.75, 3.05) is 6.54 Å². The van der Waals surface area contributed by atoms with Crippen LogP contribution in [0.3, 0.4) is 0 Å². The number of aromatic amines is 1. The first-order chi connectivity index (χ1) is 13.4. The van der Waals surface area contributed by atoms with Crippen LogP contribution in [0.4, 0.5) is 13.2 Å². The maximum atomic E-state index is 12.1. The number of amides is 1. The summed E-state index contributed by atoms with van der Waals surface area (Å²) in [6.45, 7) is 6.85. The number of rotatable bonds is 3. The van der Waals surface area contributed by atoms with Crippen LogP contribution in [0.2, 0.25) is 5.02 Å². The molecule has 1 amide bonds. The third-order valence-corrected chi connectivity index (χ3v) is 4.68. The molecule has 1 saturated heterocycles. The molecule has 1 aromatic carbocycles. The molecule has 1 aliphatic heterocycles. The van der Waals surface area contributed by atoms with Crippen LogP contribution in [0.1, 0.15) is 37.7 Å². The lowest BCUT2D eigenvalue weighted by molar-refractivity contribution is -0.192. The van der Waals surface area contributed by atoms with E-state index in [-0.39, 0.29) is 17.9 Å². The van der Waals surface area contributed by atoms with E-state index >= 15 is 0 Å². The van der Waals surface area contributed by atoms with Crippen molar-refractivity contribution in [1.82, 2.24) is 14.9 Å². The Bertz CT molecular complexity index is 879. The first-order valence-corrected chi connectivity index (χ1v) is 9.20. The summed E-state index contributed by atoms with van der Waals surface area (Å²) in [5.41, 5.74) is 2.99. The molecule has 6 nitrogen and oxygen atoms in total. The second-order valence-electron chi connectivity index (χ2n) is 6.95. The molecule has 1 aromatic heterocycles. The summed E-state index contributed by atoms with van der Waals surface area (Å²) in [6, 6.07) is 7.91. The maximum absolute atomic E-state index is 12.1. The van der Waals surface area contributed by atoms with Crippen molar-refractivity contribution in [2.24, 2.45) is 0 Å². The Morgan fingerprint density at radius 3 is 2.31 bits per heavy atom. The molecule has 3 rings (SSSR count). The summed E-state index contributed by atoms with van der Waals surface area (Å²) in [7, 11) is 0. The highest BCUT2D eigenvalue weighted by Crippen LogP contribution is 2.31. The average molecular weight is 432 g/mol. The van der Waals surface area contributed by atoms with E-state index in [1.54, 1.807) is 0 Å². The summed E-state index contributed by atoms with van der Waals surface area (Å²) >= 11 is 5.94. The van der Waals surface area contributed by atoms with Crippen LogP contribution in [-0.4, -0.2) is 50.6 Å². The van der Waals surface area contributed by atoms with Crippen molar-refractivity contribution in [3.63, 3.8) is 0 Å². The fraction of sp³-hybridized carbons (Fsp3) is 0.421. The zero-order valence-electron chi connectivity index (χ0n) is 16.0. The smallest absolute Gasteiger partial charge is 0.475 e. The van der Waals surface area contributed by atoms with E-state index in [9.17, 15) is 18.0 Å². The van der Waals surface area contributed by atoms with Gasteiger partial charge in [-0.25, -0.2) is 9.78 Å². The first-order valence-electron chi connectivity index (χ1n) is 8.82. The SMILES string of the molecule is Cc1[nH]c(C2CC(=O)N(C(C)C)C2)nc1-c1ccc(Cl)cc1.O=C(O)C(F)(F)F. The second-order valence-corrected chi connectivity index (χ2v) is 7.38. The quantitative estimate of drug-likeness (QED) is 0.754. The number of halogens is 4. The molecule has 2 heterocycles. The molecule has 1 fully saturated rings. The molecule has 1 unspecified atom stereocenters. The number of benzene rings is 1. The molecule has 0 radical (unpaired) electrons. The maximum Gasteiger partial charge on any atom is 0.490 e. The predicted molar refractivity (Wildman–Crippen MR) is 102 cm³/mol. The monoisotopic (exact) mass is 431 g/mol. The van der Waals surface area contributed by atoms with Gasteiger partial charge in [0.05, 0.1) is 5.69 Å². The van der Waals surface area contributed by atoms with Crippen molar-refractivity contribution >= 4 is 23.5 Å². The number of nitrogens with zero attached hydrogens (tertiary/aromatic N) is 2. The average Bonchev–Trinajstić information content (AvgIpc) is 3.18. The van der Waals surface area contributed by atoms with Crippen LogP contribution in [0.15, 0.2) is 24.3 Å². The van der Waals surface area contributed by atoms with E-state index in [1.807, 2.05) is 49.9 Å². The molecular formula is C19H21ClF3N3O3. The zero-order valence-corrected chi connectivity index (χ0v) is 16.8. The second kappa shape index (κ2) is 8.86. The van der Waals surface area contributed by atoms with Gasteiger partial charge in [-0.05, 0) is 32.9 Å². The summed E-state index contributed by atoms with van der Waals surface area (Å²) < 4.78 is 31.7. The minimum absolute atomic E-state index is 0.148. The number of carboxylic acids is 1. The minimum atomic E-state index is -5.08. The molecule has 2 aromatic rings. The summed E-state index contributed by atoms with van der Waals surface area (Å²) in [5.74, 6) is -1.50. The molecule has 29 heavy (non-hydrogen) atoms. The summed E-state index contributed by atoms with van der Waals surface area (Å²) in [4.78, 5) is 31.0. The van der Waals surface area contributed by atoms with Crippen molar-refractivity contribution in [3.8, 4) is 11.3 Å². The molecular weight excluding hydrogens is 411 g/mol. The first kappa shape index (κ1) is 22.7. The fourth-order valence-corrected chi connectivity index (χ4v) is 3.11. The van der Waals surface area contributed by atoms with Crippen molar-refractivity contribution in [1.29, 1.82) is 0 Å². The van der Waals surface area contributed by atoms with Gasteiger partial charge in [-0.3, -0.25) is 4.79 Å². The largest absolute Gasteiger partial charge is 0.490 e. The van der Waals surface area contributed by atoms with E-state index in [4.69, 9.17) is 26.5 Å². The third kappa shape index (κ3) is 5.72. The van der Waals surface area contributed by atoms with Crippen LogP contribution in [0, 0.1) is 6.92 Å². The van der Waals surface area contributed by atoms with Gasteiger partial charge in [0.2, 0.25) is 5.91 Å². The number of alkyl halides is 3. The number of aryl methyl sites for hydroxylation is 1. The van der Waals surface area contributed by atoms with Crippen LogP contribution >= 0.6 is 11.6 Å². The van der Waals surface area contributed by atoms with Gasteiger partial charge in [0.25, 0.3) is 0 Å². The van der Waals surface area contributed by atoms with Gasteiger partial charge in [0.1, 0.15) is 5.82 Å². The molecule has 0 bridgehead atoms. The number of carboxylic acid groups (broad SMARTS) is 1. The van der Waals surface area contributed by atoms with Gasteiger partial charge in [0, 0.05) is 41.2 Å². The van der Waals surface area contributed by atoms with E-state index in [2.05, 4.69) is 4.98 Å². The lowest BCUT2D eigenvalue weighted by atomic mass is 10.1. The van der Waals surface area contributed by atoms with Crippen molar-refractivity contribution in [2.45, 2.75) is 45.3 Å². The number of hydrogen-bond acceptors (Lipinski definition) is 3. The highest BCUT2D eigenvalue weighted by atomic mass is 35.5. The lowest BCUT2D eigenvalue weighted by Gasteiger charge is -2.20. The molecule has 2 N–H and O–H groups in total. The van der Waals surface area contributed by atoms with Gasteiger partial charge in [-0.1, -0.05) is 23.7 Å². The van der Waals surface area contributed by atoms with Gasteiger partial charge >= 0.3 is 12.1 Å². The standard InChI is InChI=1S/C17H20ClN3O.C2HF3O2/c1-10(2)21-9-13(8-15(21)22)17-19-11(3)16(20-17)12-4-6-14(18)7-5-12;3-2(4,5)1(6)7/h4-7,10,13H,8-9H2,1-3H3,(H,19,20);(H,6,7). The molecule has 0 aliphatic carbocycles. The summed E-state index contributed by atoms with van der Waals surface area (Å²) in [6.07, 6.45) is -4.55. The Morgan fingerprint density at radius 1 is 1.31 bits per heavy atom. The van der Waals surface area contributed by atoms with Crippen LogP contribution in [0.5, 0.6) is 0 Å². The van der Waals surface area contributed by atoms with Crippen LogP contribution in [-0.2, 0) is 9.59 Å².